The maximum absolute atomic E-state index is 15.5. The van der Waals surface area contributed by atoms with Crippen LogP contribution in [0.2, 0.25) is 0 Å². The molecule has 3 fully saturated rings. The summed E-state index contributed by atoms with van der Waals surface area (Å²) in [6.45, 7) is 32.4. The smallest absolute Gasteiger partial charge is 0.270 e. The minimum atomic E-state index is -1.39. The third-order valence-corrected chi connectivity index (χ3v) is 20.6. The number of unbranched alkanes of at least 4 members (excludes halogenated alkanes) is 3. The van der Waals surface area contributed by atoms with E-state index >= 15 is 28.8 Å². The second kappa shape index (κ2) is 40.3. The number of likely N-dealkylation sites (N-methyl/N-ethyl adjacent to an activating group) is 6. The van der Waals surface area contributed by atoms with Gasteiger partial charge in [0.05, 0.1) is 19.3 Å². The van der Waals surface area contributed by atoms with Crippen LogP contribution in [0, 0.1) is 35.5 Å². The van der Waals surface area contributed by atoms with Crippen molar-refractivity contribution in [2.45, 2.75) is 260 Å². The number of morpholine rings is 1. The summed E-state index contributed by atoms with van der Waals surface area (Å²) in [5.74, 6) is -9.42. The van der Waals surface area contributed by atoms with Crippen LogP contribution in [0.3, 0.4) is 0 Å². The van der Waals surface area contributed by atoms with Crippen LogP contribution in [0.25, 0.3) is 11.2 Å². The molecule has 0 aromatic carbocycles. The number of nitrogens with zero attached hydrogens (tertiary/aromatic N) is 12. The lowest BCUT2D eigenvalue weighted by molar-refractivity contribution is -0.322. The Morgan fingerprint density at radius 1 is 0.538 bits per heavy atom. The molecule has 0 spiro atoms. The van der Waals surface area contributed by atoms with E-state index in [9.17, 15) is 24.0 Å². The van der Waals surface area contributed by atoms with Gasteiger partial charge >= 0.3 is 0 Å². The zero-order valence-electron chi connectivity index (χ0n) is 66.3. The van der Waals surface area contributed by atoms with Gasteiger partial charge < -0.3 is 60.1 Å². The molecule has 4 N–H and O–H groups in total. The Kier molecular flexibility index (Phi) is 33.8. The molecule has 5 rings (SSSR count). The maximum atomic E-state index is 15.5. The van der Waals surface area contributed by atoms with Gasteiger partial charge in [0, 0.05) is 74.7 Å². The number of aromatic nitrogens is 4. The van der Waals surface area contributed by atoms with Crippen molar-refractivity contribution in [1.29, 1.82) is 0 Å². The highest BCUT2D eigenvalue weighted by Crippen LogP contribution is 2.35. The number of rotatable bonds is 23. The van der Waals surface area contributed by atoms with E-state index in [0.717, 1.165) is 49.5 Å². The molecule has 0 bridgehead atoms. The summed E-state index contributed by atoms with van der Waals surface area (Å²) < 4.78 is 13.7. The van der Waals surface area contributed by atoms with Gasteiger partial charge in [0.25, 0.3) is 5.91 Å². The van der Waals surface area contributed by atoms with Gasteiger partial charge in [-0.05, 0) is 133 Å². The van der Waals surface area contributed by atoms with Gasteiger partial charge in [0.15, 0.2) is 6.04 Å². The number of pyridine rings is 1. The maximum Gasteiger partial charge on any atom is 0.270 e. The highest BCUT2D eigenvalue weighted by atomic mass is 16.7. The second-order valence-electron chi connectivity index (χ2n) is 31.0. The van der Waals surface area contributed by atoms with Crippen LogP contribution in [-0.4, -0.2) is 285 Å². The first-order valence-electron chi connectivity index (χ1n) is 37.8. The molecule has 2 aromatic heterocycles. The molecule has 0 aliphatic carbocycles. The molecule has 14 atom stereocenters. The van der Waals surface area contributed by atoms with Crippen LogP contribution in [0.4, 0.5) is 0 Å². The fourth-order valence-electron chi connectivity index (χ4n) is 14.0. The van der Waals surface area contributed by atoms with Crippen molar-refractivity contribution >= 4 is 76.1 Å². The summed E-state index contributed by atoms with van der Waals surface area (Å²) in [7, 11) is 8.68. The Hall–Kier alpha value is -7.44. The van der Waals surface area contributed by atoms with E-state index in [4.69, 9.17) is 14.3 Å². The fraction of sp³-hybridized carbons (Fsp3) is 0.784. The van der Waals surface area contributed by atoms with E-state index in [0.29, 0.717) is 44.7 Å². The standard InChI is InChI=1S/C74H126N16O14/c1-23-53-70(97)82(17)51(15)69(96)87(22)60(52(16)103-37-28-27-33-88-35-38-102-39-36-88)66(93)79-58(46(8)9)73(100)83(18)55(40-43(2)3)65(92)76-49(13)64(91)77-50(14)68(95)84(19)56(41-44(4)5)71(98)85(20)57(42-45(6)7)72(99)86(21)59(47(10)11)74(101)90-61(67(94)78-53)62(104-90)48(12)30-25-24-26-34-89-54-31-29-32-75-63(54)80-81-89/h29,31-32,43-53,55-62H,23-28,30,33-42H2,1-22H3,(H,76,92)(H,77,91)(H,78,94)(H,79,93)/t48-,49+,50-,51-,52-,53+,55+,56+,57+,58+,59+,60+,61+,62-/m1/s1. The first kappa shape index (κ1) is 87.2. The summed E-state index contributed by atoms with van der Waals surface area (Å²) in [5.41, 5.74) is 1.36. The number of amides is 11. The molecule has 0 radical (unpaired) electrons. The third kappa shape index (κ3) is 22.8. The number of hydrogen-bond donors (Lipinski definition) is 4. The van der Waals surface area contributed by atoms with Gasteiger partial charge in [-0.2, -0.15) is 0 Å². The van der Waals surface area contributed by atoms with Crippen LogP contribution >= 0.6 is 0 Å². The SMILES string of the molecule is CC[C@@H]1NC(=O)[C@@H]2[C@@H]([C@H](C)CCCCCn3nnc4ncccc43)ON2C(=O)[C@H](C(C)C)N(C)C(=O)[C@H](CC(C)C)N(C)C(=O)[C@H](CC(C)C)N(C)C(=O)[C@@H](C)NC(=O)[C@H](C)NC(=O)[C@H](CC(C)C)N(C)C(=O)[C@H](C(C)C)NC(=O)[C@H]([C@@H](C)OCCCCN2CCOCC2)N(C)C(=O)[C@@H](C)N(C)C1=O. The number of carbonyl (C=O) groups excluding carboxylic acids is 11. The molecule has 30 nitrogen and oxygen atoms in total. The second-order valence-corrected chi connectivity index (χ2v) is 31.0. The molecule has 5 heterocycles. The summed E-state index contributed by atoms with van der Waals surface area (Å²) in [6.07, 6.45) is 4.45. The average molecular weight is 1460 g/mol. The fourth-order valence-corrected chi connectivity index (χ4v) is 14.0. The van der Waals surface area contributed by atoms with E-state index in [1.807, 2.05) is 60.6 Å². The molecular weight excluding hydrogens is 1340 g/mol. The Labute approximate surface area is 617 Å². The minimum absolute atomic E-state index is 0.0368. The molecule has 0 saturated carbocycles. The van der Waals surface area contributed by atoms with E-state index in [-0.39, 0.29) is 56.0 Å². The number of fused-ring (bicyclic) bond motifs is 2. The predicted octanol–water partition coefficient (Wildman–Crippen LogP) is 3.89. The minimum Gasteiger partial charge on any atom is -0.379 e. The van der Waals surface area contributed by atoms with Crippen LogP contribution in [-0.2, 0) is 73.6 Å². The van der Waals surface area contributed by atoms with Gasteiger partial charge in [-0.3, -0.25) is 62.5 Å². The average Bonchev–Trinajstić information content (AvgIpc) is 0.858. The number of nitrogens with one attached hydrogen (secondary N) is 4. The van der Waals surface area contributed by atoms with E-state index in [1.165, 1.54) is 92.5 Å². The molecule has 0 unspecified atom stereocenters. The number of aryl methyl sites for hydroxylation is 1. The highest BCUT2D eigenvalue weighted by molar-refractivity contribution is 6.00. The molecule has 3 saturated heterocycles. The number of hydrogen-bond acceptors (Lipinski definition) is 18. The largest absolute Gasteiger partial charge is 0.379 e. The first-order valence-corrected chi connectivity index (χ1v) is 37.8. The Balaban J connectivity index is 1.59. The molecule has 3 aliphatic heterocycles. The Morgan fingerprint density at radius 2 is 1.10 bits per heavy atom. The Morgan fingerprint density at radius 3 is 1.68 bits per heavy atom. The van der Waals surface area contributed by atoms with Crippen molar-refractivity contribution < 1.29 is 67.1 Å². The number of carbonyl (C=O) groups is 11. The zero-order valence-corrected chi connectivity index (χ0v) is 66.3. The molecule has 586 valence electrons. The number of hydroxylamine groups is 2. The van der Waals surface area contributed by atoms with Crippen LogP contribution in [0.5, 0.6) is 0 Å². The van der Waals surface area contributed by atoms with E-state index < -0.39 is 155 Å². The summed E-state index contributed by atoms with van der Waals surface area (Å²) >= 11 is 0. The summed E-state index contributed by atoms with van der Waals surface area (Å²) in [6, 6.07) is -10.0. The summed E-state index contributed by atoms with van der Waals surface area (Å²) in [4.78, 5) is 185. The lowest BCUT2D eigenvalue weighted by Crippen LogP contribution is -2.72. The molecule has 104 heavy (non-hydrogen) atoms. The van der Waals surface area contributed by atoms with Crippen LogP contribution < -0.4 is 21.3 Å². The van der Waals surface area contributed by atoms with Crippen LogP contribution in [0.15, 0.2) is 18.3 Å². The lowest BCUT2D eigenvalue weighted by atomic mass is 9.88. The number of ether oxygens (including phenoxy) is 2. The topological polar surface area (TPSA) is 333 Å². The van der Waals surface area contributed by atoms with Gasteiger partial charge in [-0.1, -0.05) is 101 Å². The van der Waals surface area contributed by atoms with Crippen molar-refractivity contribution in [2.75, 3.05) is 81.7 Å². The lowest BCUT2D eigenvalue weighted by Gasteiger charge is -2.50. The Bertz CT molecular complexity index is 3210. The van der Waals surface area contributed by atoms with Crippen molar-refractivity contribution in [3.63, 3.8) is 0 Å². The van der Waals surface area contributed by atoms with E-state index in [1.54, 1.807) is 52.4 Å². The molecule has 2 aromatic rings. The normalized spacial score (nSPS) is 27.0. The first-order chi connectivity index (χ1) is 48.9. The van der Waals surface area contributed by atoms with Crippen molar-refractivity contribution in [1.82, 2.24) is 80.6 Å². The molecule has 3 aliphatic rings. The third-order valence-electron chi connectivity index (χ3n) is 20.6. The highest BCUT2D eigenvalue weighted by Gasteiger charge is 2.55. The van der Waals surface area contributed by atoms with Gasteiger partial charge in [0.2, 0.25) is 64.7 Å². The van der Waals surface area contributed by atoms with Crippen molar-refractivity contribution in [2.24, 2.45) is 35.5 Å². The van der Waals surface area contributed by atoms with Gasteiger partial charge in [-0.25, -0.2) is 14.7 Å². The summed E-state index contributed by atoms with van der Waals surface area (Å²) in [5, 5.41) is 20.7. The monoisotopic (exact) mass is 1460 g/mol. The van der Waals surface area contributed by atoms with Gasteiger partial charge in [0.1, 0.15) is 72.0 Å². The zero-order chi connectivity index (χ0) is 77.9. The van der Waals surface area contributed by atoms with Crippen molar-refractivity contribution in [3.05, 3.63) is 18.3 Å². The molecule has 30 heteroatoms. The van der Waals surface area contributed by atoms with Crippen LogP contribution in [0.1, 0.15) is 175 Å². The molecule has 11 amide bonds. The van der Waals surface area contributed by atoms with E-state index in [2.05, 4.69) is 41.5 Å². The van der Waals surface area contributed by atoms with Gasteiger partial charge in [-0.15, -0.1) is 5.10 Å². The molecular formula is C74H126N16O14. The predicted molar refractivity (Wildman–Crippen MR) is 393 cm³/mol. The quantitative estimate of drug-likeness (QED) is 0.115. The van der Waals surface area contributed by atoms with Crippen molar-refractivity contribution in [3.8, 4) is 0 Å².